The van der Waals surface area contributed by atoms with E-state index in [0.717, 1.165) is 44.1 Å². The maximum atomic E-state index is 12.1. The second kappa shape index (κ2) is 5.56. The number of rotatable bonds is 1. The van der Waals surface area contributed by atoms with Gasteiger partial charge in [-0.2, -0.15) is 0 Å². The molecule has 3 saturated carbocycles. The van der Waals surface area contributed by atoms with E-state index in [0.29, 0.717) is 17.8 Å². The summed E-state index contributed by atoms with van der Waals surface area (Å²) in [7, 11) is 0. The monoisotopic (exact) mass is 356 g/mol. The molecule has 0 saturated heterocycles. The van der Waals surface area contributed by atoms with Crippen LogP contribution in [-0.4, -0.2) is 17.4 Å². The van der Waals surface area contributed by atoms with Crippen molar-refractivity contribution >= 4 is 11.8 Å². The molecule has 0 aromatic rings. The molecular weight excluding hydrogens is 324 g/mol. The molecule has 0 aromatic carbocycles. The van der Waals surface area contributed by atoms with Crippen LogP contribution in [0.2, 0.25) is 0 Å². The predicted octanol–water partition coefficient (Wildman–Crippen LogP) is 5.01. The number of hydrogen-bond donors (Lipinski definition) is 0. The lowest BCUT2D eigenvalue weighted by Gasteiger charge is -2.59. The van der Waals surface area contributed by atoms with Gasteiger partial charge in [-0.3, -0.25) is 9.59 Å². The topological polar surface area (TPSA) is 43.4 Å². The summed E-state index contributed by atoms with van der Waals surface area (Å²) < 4.78 is 5.90. The third-order valence-corrected chi connectivity index (χ3v) is 8.87. The largest absolute Gasteiger partial charge is 0.459 e. The summed E-state index contributed by atoms with van der Waals surface area (Å²) in [5.41, 5.74) is 1.97. The molecule has 0 radical (unpaired) electrons. The number of hydrogen-bond acceptors (Lipinski definition) is 3. The van der Waals surface area contributed by atoms with Crippen molar-refractivity contribution in [2.75, 3.05) is 0 Å². The average Bonchev–Trinajstić information content (AvgIpc) is 2.80. The highest BCUT2D eigenvalue weighted by Crippen LogP contribution is 2.68. The van der Waals surface area contributed by atoms with Gasteiger partial charge in [-0.05, 0) is 86.7 Å². The van der Waals surface area contributed by atoms with Gasteiger partial charge < -0.3 is 4.74 Å². The number of allylic oxidation sites excluding steroid dienone is 2. The number of esters is 1. The lowest BCUT2D eigenvalue weighted by Crippen LogP contribution is -2.55. The molecule has 26 heavy (non-hydrogen) atoms. The van der Waals surface area contributed by atoms with E-state index < -0.39 is 0 Å². The van der Waals surface area contributed by atoms with Gasteiger partial charge in [-0.25, -0.2) is 0 Å². The van der Waals surface area contributed by atoms with Crippen molar-refractivity contribution in [2.24, 2.45) is 28.6 Å². The smallest absolute Gasteiger partial charge is 0.303 e. The Morgan fingerprint density at radius 1 is 1.15 bits per heavy atom. The molecule has 0 spiro atoms. The predicted molar refractivity (Wildman–Crippen MR) is 101 cm³/mol. The lowest BCUT2D eigenvalue weighted by atomic mass is 9.46. The standard InChI is InChI=1S/C23H32O3/c1-14-13-21(3)16(12-20(14)25)6-7-17-18(21)8-10-22(4)19(17)9-11-23(22,5)26-15(2)24/h12,17-19H,1,6-11,13H2,2-5H3/t17-,18+,19-,21-,22-,23+/m1/s1. The summed E-state index contributed by atoms with van der Waals surface area (Å²) in [4.78, 5) is 23.9. The molecule has 0 amide bonds. The number of carbonyl (C=O) groups is 2. The molecule has 3 nitrogen and oxygen atoms in total. The third kappa shape index (κ3) is 2.25. The number of fused-ring (bicyclic) bond motifs is 5. The van der Waals surface area contributed by atoms with E-state index in [1.807, 2.05) is 6.08 Å². The second-order valence-electron chi connectivity index (χ2n) is 9.97. The Balaban J connectivity index is 1.67. The first kappa shape index (κ1) is 18.0. The van der Waals surface area contributed by atoms with E-state index in [1.165, 1.54) is 18.9 Å². The quantitative estimate of drug-likeness (QED) is 0.490. The highest BCUT2D eigenvalue weighted by molar-refractivity contribution is 6.05. The van der Waals surface area contributed by atoms with E-state index in [9.17, 15) is 9.59 Å². The van der Waals surface area contributed by atoms with Gasteiger partial charge in [0.25, 0.3) is 0 Å². The average molecular weight is 357 g/mol. The van der Waals surface area contributed by atoms with Gasteiger partial charge in [0.15, 0.2) is 5.78 Å². The van der Waals surface area contributed by atoms with Crippen LogP contribution in [0.5, 0.6) is 0 Å². The highest BCUT2D eigenvalue weighted by atomic mass is 16.6. The number of carbonyl (C=O) groups excluding carboxylic acids is 2. The van der Waals surface area contributed by atoms with Crippen molar-refractivity contribution in [3.63, 3.8) is 0 Å². The van der Waals surface area contributed by atoms with Gasteiger partial charge >= 0.3 is 5.97 Å². The highest BCUT2D eigenvalue weighted by Gasteiger charge is 2.64. The summed E-state index contributed by atoms with van der Waals surface area (Å²) >= 11 is 0. The van der Waals surface area contributed by atoms with E-state index in [-0.39, 0.29) is 28.2 Å². The number of ketones is 1. The molecule has 3 heteroatoms. The zero-order valence-electron chi connectivity index (χ0n) is 16.7. The van der Waals surface area contributed by atoms with Gasteiger partial charge in [0, 0.05) is 12.3 Å². The first-order chi connectivity index (χ1) is 12.1. The molecule has 0 heterocycles. The molecule has 0 unspecified atom stereocenters. The third-order valence-electron chi connectivity index (χ3n) is 8.87. The molecule has 0 bridgehead atoms. The van der Waals surface area contributed by atoms with E-state index in [2.05, 4.69) is 27.4 Å². The Hall–Kier alpha value is -1.38. The van der Waals surface area contributed by atoms with Crippen molar-refractivity contribution in [3.8, 4) is 0 Å². The van der Waals surface area contributed by atoms with Crippen molar-refractivity contribution in [2.45, 2.75) is 78.2 Å². The second-order valence-corrected chi connectivity index (χ2v) is 9.97. The van der Waals surface area contributed by atoms with Crippen LogP contribution in [0.25, 0.3) is 0 Å². The fourth-order valence-electron chi connectivity index (χ4n) is 7.31. The van der Waals surface area contributed by atoms with Gasteiger partial charge in [-0.1, -0.05) is 26.0 Å². The molecule has 3 fully saturated rings. The van der Waals surface area contributed by atoms with Crippen LogP contribution in [0.4, 0.5) is 0 Å². The van der Waals surface area contributed by atoms with Gasteiger partial charge in [-0.15, -0.1) is 0 Å². The van der Waals surface area contributed by atoms with Gasteiger partial charge in [0.2, 0.25) is 0 Å². The Morgan fingerprint density at radius 2 is 1.85 bits per heavy atom. The van der Waals surface area contributed by atoms with E-state index in [4.69, 9.17) is 4.74 Å². The molecule has 0 N–H and O–H groups in total. The van der Waals surface area contributed by atoms with Crippen molar-refractivity contribution in [3.05, 3.63) is 23.8 Å². The van der Waals surface area contributed by atoms with Gasteiger partial charge in [0.05, 0.1) is 0 Å². The first-order valence-corrected chi connectivity index (χ1v) is 10.2. The fourth-order valence-corrected chi connectivity index (χ4v) is 7.31. The molecule has 0 aromatic heterocycles. The zero-order valence-corrected chi connectivity index (χ0v) is 16.7. The Morgan fingerprint density at radius 3 is 2.54 bits per heavy atom. The van der Waals surface area contributed by atoms with Crippen LogP contribution >= 0.6 is 0 Å². The molecule has 6 atom stereocenters. The molecule has 142 valence electrons. The van der Waals surface area contributed by atoms with Crippen LogP contribution in [0.1, 0.15) is 72.6 Å². The molecular formula is C23H32O3. The molecule has 0 aliphatic heterocycles. The van der Waals surface area contributed by atoms with E-state index in [1.54, 1.807) is 0 Å². The van der Waals surface area contributed by atoms with Crippen LogP contribution < -0.4 is 0 Å². The maximum Gasteiger partial charge on any atom is 0.303 e. The van der Waals surface area contributed by atoms with Crippen LogP contribution in [0.15, 0.2) is 23.8 Å². The van der Waals surface area contributed by atoms with Crippen molar-refractivity contribution < 1.29 is 14.3 Å². The molecule has 4 aliphatic rings. The van der Waals surface area contributed by atoms with Crippen molar-refractivity contribution in [1.29, 1.82) is 0 Å². The fraction of sp³-hybridized carbons (Fsp3) is 0.739. The van der Waals surface area contributed by atoms with Crippen LogP contribution in [0, 0.1) is 28.6 Å². The summed E-state index contributed by atoms with van der Waals surface area (Å²) in [6, 6.07) is 0. The summed E-state index contributed by atoms with van der Waals surface area (Å²) in [6.45, 7) is 12.5. The first-order valence-electron chi connectivity index (χ1n) is 10.2. The Kier molecular flexibility index (Phi) is 3.85. The zero-order chi connectivity index (χ0) is 18.9. The normalized spacial score (nSPS) is 47.5. The maximum absolute atomic E-state index is 12.1. The van der Waals surface area contributed by atoms with Crippen LogP contribution in [-0.2, 0) is 14.3 Å². The number of ether oxygens (including phenoxy) is 1. The summed E-state index contributed by atoms with van der Waals surface area (Å²) in [6.07, 6.45) is 9.31. The van der Waals surface area contributed by atoms with Crippen molar-refractivity contribution in [1.82, 2.24) is 0 Å². The van der Waals surface area contributed by atoms with Gasteiger partial charge in [0.1, 0.15) is 5.60 Å². The minimum absolute atomic E-state index is 0.0684. The minimum Gasteiger partial charge on any atom is -0.459 e. The minimum atomic E-state index is -0.336. The van der Waals surface area contributed by atoms with E-state index >= 15 is 0 Å². The lowest BCUT2D eigenvalue weighted by molar-refractivity contribution is -0.177. The molecule has 4 aliphatic carbocycles. The SMILES string of the molecule is C=C1C[C@]2(C)C(=CC1=O)CC[C@H]1[C@H]3CC[C@](C)(OC(C)=O)[C@]3(C)CC[C@@H]12. The Bertz CT molecular complexity index is 719. The Labute approximate surface area is 157 Å². The summed E-state index contributed by atoms with van der Waals surface area (Å²) in [5.74, 6) is 1.87. The summed E-state index contributed by atoms with van der Waals surface area (Å²) in [5, 5.41) is 0. The molecule has 4 rings (SSSR count). The van der Waals surface area contributed by atoms with Crippen LogP contribution in [0.3, 0.4) is 0 Å².